The molecule has 2 aromatic rings. The number of aromatic nitrogens is 2. The van der Waals surface area contributed by atoms with Gasteiger partial charge >= 0.3 is 6.18 Å². The first kappa shape index (κ1) is 18.4. The Balaban J connectivity index is 2.08. The highest BCUT2D eigenvalue weighted by Crippen LogP contribution is 2.41. The molecule has 0 bridgehead atoms. The summed E-state index contributed by atoms with van der Waals surface area (Å²) in [5.74, 6) is -0.717. The molecule has 138 valence electrons. The minimum atomic E-state index is -4.66. The summed E-state index contributed by atoms with van der Waals surface area (Å²) >= 11 is 5.80. The Kier molecular flexibility index (Phi) is 4.51. The zero-order chi connectivity index (χ0) is 19.1. The normalized spacial score (nSPS) is 23.3. The number of benzene rings is 1. The van der Waals surface area contributed by atoms with Gasteiger partial charge in [0.1, 0.15) is 11.0 Å². The maximum Gasteiger partial charge on any atom is 0.425 e. The lowest BCUT2D eigenvalue weighted by Crippen LogP contribution is -2.46. The van der Waals surface area contributed by atoms with Crippen LogP contribution in [-0.2, 0) is 10.3 Å². The minimum absolute atomic E-state index is 0.0581. The summed E-state index contributed by atoms with van der Waals surface area (Å²) in [6.07, 6.45) is -4.72. The third-order valence-corrected chi connectivity index (χ3v) is 4.20. The number of halogens is 5. The first-order chi connectivity index (χ1) is 12.1. The van der Waals surface area contributed by atoms with Crippen molar-refractivity contribution >= 4 is 17.6 Å². The van der Waals surface area contributed by atoms with Gasteiger partial charge in [0.2, 0.25) is 0 Å². The minimum Gasteiger partial charge on any atom is -0.452 e. The van der Waals surface area contributed by atoms with Gasteiger partial charge in [-0.25, -0.2) is 14.4 Å². The van der Waals surface area contributed by atoms with Gasteiger partial charge in [0, 0.05) is 17.5 Å². The summed E-state index contributed by atoms with van der Waals surface area (Å²) < 4.78 is 58.3. The molecule has 2 atom stereocenters. The van der Waals surface area contributed by atoms with E-state index in [2.05, 4.69) is 19.7 Å². The summed E-state index contributed by atoms with van der Waals surface area (Å²) in [5.41, 5.74) is 4.58. The van der Waals surface area contributed by atoms with E-state index < -0.39 is 36.1 Å². The summed E-state index contributed by atoms with van der Waals surface area (Å²) in [4.78, 5) is 11.9. The van der Waals surface area contributed by atoms with Crippen LogP contribution in [0.25, 0.3) is 11.3 Å². The molecule has 0 saturated carbocycles. The molecule has 0 radical (unpaired) electrons. The summed E-state index contributed by atoms with van der Waals surface area (Å²) in [6, 6.07) is 3.28. The van der Waals surface area contributed by atoms with Crippen molar-refractivity contribution in [1.82, 2.24) is 9.97 Å². The van der Waals surface area contributed by atoms with Crippen molar-refractivity contribution in [2.24, 2.45) is 10.7 Å². The largest absolute Gasteiger partial charge is 0.452 e. The van der Waals surface area contributed by atoms with Gasteiger partial charge in [-0.15, -0.1) is 0 Å². The fourth-order valence-corrected chi connectivity index (χ4v) is 2.94. The van der Waals surface area contributed by atoms with Gasteiger partial charge in [0.05, 0.1) is 23.6 Å². The van der Waals surface area contributed by atoms with Crippen LogP contribution in [0.2, 0.25) is 5.15 Å². The number of rotatable bonds is 2. The standard InChI is InChI=1S/C16H13ClF4N4O/c1-15(5-12(16(19,20)21)26-14(22)25-15)9-4-8(2-3-10(9)18)11-6-23-7-13(17)24-11/h2-4,6-7,12H,5H2,1H3,(H2,22,25). The van der Waals surface area contributed by atoms with Crippen LogP contribution in [0.4, 0.5) is 17.6 Å². The maximum atomic E-state index is 14.5. The molecule has 1 aliphatic heterocycles. The van der Waals surface area contributed by atoms with Crippen LogP contribution >= 0.6 is 11.6 Å². The first-order valence-electron chi connectivity index (χ1n) is 7.45. The second kappa shape index (κ2) is 6.39. The van der Waals surface area contributed by atoms with Crippen molar-refractivity contribution in [2.75, 3.05) is 0 Å². The Morgan fingerprint density at radius 1 is 1.31 bits per heavy atom. The molecule has 0 amide bonds. The van der Waals surface area contributed by atoms with Crippen molar-refractivity contribution in [2.45, 2.75) is 31.2 Å². The molecule has 2 N–H and O–H groups in total. The van der Waals surface area contributed by atoms with E-state index in [0.29, 0.717) is 11.3 Å². The number of nitrogens with zero attached hydrogens (tertiary/aromatic N) is 3. The number of alkyl halides is 3. The van der Waals surface area contributed by atoms with Gasteiger partial charge in [-0.2, -0.15) is 13.2 Å². The fraction of sp³-hybridized carbons (Fsp3) is 0.312. The van der Waals surface area contributed by atoms with Gasteiger partial charge in [0.15, 0.2) is 6.10 Å². The van der Waals surface area contributed by atoms with E-state index in [9.17, 15) is 17.6 Å². The van der Waals surface area contributed by atoms with Crippen molar-refractivity contribution in [3.8, 4) is 11.3 Å². The number of aliphatic imine (C=N–C) groups is 1. The third kappa shape index (κ3) is 3.57. The fourth-order valence-electron chi connectivity index (χ4n) is 2.79. The molecular weight excluding hydrogens is 376 g/mol. The Hall–Kier alpha value is -2.42. The average Bonchev–Trinajstić information content (AvgIpc) is 2.53. The van der Waals surface area contributed by atoms with Gasteiger partial charge in [-0.05, 0) is 25.1 Å². The smallest absolute Gasteiger partial charge is 0.425 e. The van der Waals surface area contributed by atoms with E-state index in [4.69, 9.17) is 17.3 Å². The van der Waals surface area contributed by atoms with Crippen LogP contribution in [0, 0.1) is 5.82 Å². The molecule has 1 aromatic heterocycles. The second-order valence-corrected chi connectivity index (χ2v) is 6.39. The molecule has 1 aromatic carbocycles. The van der Waals surface area contributed by atoms with Crippen molar-refractivity contribution in [1.29, 1.82) is 0 Å². The molecule has 2 unspecified atom stereocenters. The van der Waals surface area contributed by atoms with E-state index in [-0.39, 0.29) is 10.7 Å². The van der Waals surface area contributed by atoms with Gasteiger partial charge in [-0.1, -0.05) is 11.6 Å². The second-order valence-electron chi connectivity index (χ2n) is 6.00. The topological polar surface area (TPSA) is 73.4 Å². The van der Waals surface area contributed by atoms with Crippen LogP contribution in [0.5, 0.6) is 0 Å². The first-order valence-corrected chi connectivity index (χ1v) is 7.83. The van der Waals surface area contributed by atoms with Crippen molar-refractivity contribution < 1.29 is 22.3 Å². The van der Waals surface area contributed by atoms with Crippen LogP contribution < -0.4 is 5.73 Å². The molecule has 2 heterocycles. The van der Waals surface area contributed by atoms with Crippen LogP contribution in [0.1, 0.15) is 18.9 Å². The highest BCUT2D eigenvalue weighted by molar-refractivity contribution is 6.29. The molecule has 26 heavy (non-hydrogen) atoms. The lowest BCUT2D eigenvalue weighted by Gasteiger charge is -2.36. The molecule has 0 spiro atoms. The maximum absolute atomic E-state index is 14.5. The number of amidine groups is 1. The Labute approximate surface area is 150 Å². The predicted molar refractivity (Wildman–Crippen MR) is 87.0 cm³/mol. The van der Waals surface area contributed by atoms with Gasteiger partial charge in [-0.3, -0.25) is 4.98 Å². The van der Waals surface area contributed by atoms with E-state index in [0.717, 1.165) is 6.07 Å². The molecule has 5 nitrogen and oxygen atoms in total. The Bertz CT molecular complexity index is 874. The molecule has 10 heteroatoms. The van der Waals surface area contributed by atoms with Gasteiger partial charge in [0.25, 0.3) is 6.02 Å². The van der Waals surface area contributed by atoms with E-state index in [1.807, 2.05) is 0 Å². The third-order valence-electron chi connectivity index (χ3n) is 4.02. The molecule has 0 fully saturated rings. The molecule has 3 rings (SSSR count). The van der Waals surface area contributed by atoms with Crippen LogP contribution in [0.3, 0.4) is 0 Å². The Morgan fingerprint density at radius 3 is 2.69 bits per heavy atom. The van der Waals surface area contributed by atoms with E-state index in [1.54, 1.807) is 0 Å². The lowest BCUT2D eigenvalue weighted by atomic mass is 9.84. The van der Waals surface area contributed by atoms with E-state index >= 15 is 0 Å². The van der Waals surface area contributed by atoms with Crippen molar-refractivity contribution in [3.63, 3.8) is 0 Å². The van der Waals surface area contributed by atoms with Crippen LogP contribution in [0.15, 0.2) is 35.6 Å². The monoisotopic (exact) mass is 388 g/mol. The van der Waals surface area contributed by atoms with Crippen LogP contribution in [-0.4, -0.2) is 28.3 Å². The average molecular weight is 389 g/mol. The SMILES string of the molecule is CC1(c2cc(-c3cncc(Cl)n3)ccc2F)CC(C(F)(F)F)OC(N)=N1. The van der Waals surface area contributed by atoms with Gasteiger partial charge < -0.3 is 10.5 Å². The Morgan fingerprint density at radius 2 is 2.04 bits per heavy atom. The predicted octanol–water partition coefficient (Wildman–Crippen LogP) is 3.82. The molecule has 1 aliphatic rings. The summed E-state index contributed by atoms with van der Waals surface area (Å²) in [7, 11) is 0. The summed E-state index contributed by atoms with van der Waals surface area (Å²) in [5, 5.41) is 0.130. The molecule has 0 aliphatic carbocycles. The van der Waals surface area contributed by atoms with Crippen molar-refractivity contribution in [3.05, 3.63) is 47.1 Å². The summed E-state index contributed by atoms with van der Waals surface area (Å²) in [6.45, 7) is 1.37. The number of ether oxygens (including phenoxy) is 1. The quantitative estimate of drug-likeness (QED) is 0.794. The van der Waals surface area contributed by atoms with E-state index in [1.165, 1.54) is 31.5 Å². The highest BCUT2D eigenvalue weighted by atomic mass is 35.5. The zero-order valence-electron chi connectivity index (χ0n) is 13.4. The number of hydrogen-bond donors (Lipinski definition) is 1. The highest BCUT2D eigenvalue weighted by Gasteiger charge is 2.50. The number of nitrogens with two attached hydrogens (primary N) is 1. The zero-order valence-corrected chi connectivity index (χ0v) is 14.1. The lowest BCUT2D eigenvalue weighted by molar-refractivity contribution is -0.208. The molecular formula is C16H13ClF4N4O. The molecule has 0 saturated heterocycles. The number of hydrogen-bond acceptors (Lipinski definition) is 5.